The lowest BCUT2D eigenvalue weighted by atomic mass is 9.88. The highest BCUT2D eigenvalue weighted by molar-refractivity contribution is 6.31. The van der Waals surface area contributed by atoms with E-state index in [0.717, 1.165) is 29.3 Å². The van der Waals surface area contributed by atoms with Gasteiger partial charge < -0.3 is 15.0 Å². The summed E-state index contributed by atoms with van der Waals surface area (Å²) in [7, 11) is 1.75. The Labute approximate surface area is 159 Å². The minimum absolute atomic E-state index is 0.160. The Morgan fingerprint density at radius 3 is 2.73 bits per heavy atom. The standard InChI is InChI=1S/C22H25ClN2O/c1-12(2)16-11-17(13(3)9-20(16)26-4)21-22-15(7-8-24-21)18-10-14(23)5-6-19(18)25-22/h5-6,9-12,21,24-25H,7-8H2,1-4H3. The Morgan fingerprint density at radius 1 is 1.19 bits per heavy atom. The molecule has 3 nitrogen and oxygen atoms in total. The van der Waals surface area contributed by atoms with Crippen molar-refractivity contribution in [2.45, 2.75) is 39.2 Å². The molecule has 0 spiro atoms. The minimum Gasteiger partial charge on any atom is -0.496 e. The summed E-state index contributed by atoms with van der Waals surface area (Å²) < 4.78 is 5.62. The summed E-state index contributed by atoms with van der Waals surface area (Å²) in [6.07, 6.45) is 1.01. The van der Waals surface area contributed by atoms with E-state index in [1.54, 1.807) is 7.11 Å². The third-order valence-corrected chi connectivity index (χ3v) is 5.70. The first-order valence-corrected chi connectivity index (χ1v) is 9.59. The van der Waals surface area contributed by atoms with Gasteiger partial charge in [0.1, 0.15) is 5.75 Å². The molecule has 0 amide bonds. The average Bonchev–Trinajstić information content (AvgIpc) is 2.99. The van der Waals surface area contributed by atoms with Gasteiger partial charge in [0.05, 0.1) is 13.2 Å². The predicted octanol–water partition coefficient (Wildman–Crippen LogP) is 5.50. The van der Waals surface area contributed by atoms with Gasteiger partial charge in [0.25, 0.3) is 0 Å². The van der Waals surface area contributed by atoms with E-state index in [0.29, 0.717) is 5.92 Å². The number of halogens is 1. The molecule has 2 aromatic carbocycles. The maximum Gasteiger partial charge on any atom is 0.122 e. The van der Waals surface area contributed by atoms with E-state index in [1.807, 2.05) is 6.07 Å². The minimum atomic E-state index is 0.160. The number of aryl methyl sites for hydroxylation is 1. The largest absolute Gasteiger partial charge is 0.496 e. The van der Waals surface area contributed by atoms with Crippen LogP contribution in [0.5, 0.6) is 5.75 Å². The van der Waals surface area contributed by atoms with Crippen molar-refractivity contribution in [1.82, 2.24) is 10.3 Å². The zero-order chi connectivity index (χ0) is 18.4. The first-order valence-electron chi connectivity index (χ1n) is 9.21. The number of ether oxygens (including phenoxy) is 1. The first-order chi connectivity index (χ1) is 12.5. The van der Waals surface area contributed by atoms with Gasteiger partial charge in [-0.2, -0.15) is 0 Å². The Hall–Kier alpha value is -1.97. The number of aromatic amines is 1. The molecule has 0 aliphatic carbocycles. The first kappa shape index (κ1) is 17.4. The van der Waals surface area contributed by atoms with Crippen LogP contribution in [0.2, 0.25) is 5.02 Å². The molecule has 0 saturated heterocycles. The zero-order valence-electron chi connectivity index (χ0n) is 15.7. The Balaban J connectivity index is 1.88. The summed E-state index contributed by atoms with van der Waals surface area (Å²) in [6, 6.07) is 10.7. The van der Waals surface area contributed by atoms with Crippen LogP contribution in [0, 0.1) is 6.92 Å². The van der Waals surface area contributed by atoms with Gasteiger partial charge >= 0.3 is 0 Å². The lowest BCUT2D eigenvalue weighted by molar-refractivity contribution is 0.406. The Bertz CT molecular complexity index is 974. The van der Waals surface area contributed by atoms with Crippen LogP contribution < -0.4 is 10.1 Å². The summed E-state index contributed by atoms with van der Waals surface area (Å²) in [5.74, 6) is 1.38. The van der Waals surface area contributed by atoms with Crippen LogP contribution in [0.15, 0.2) is 30.3 Å². The molecule has 1 aliphatic heterocycles. The van der Waals surface area contributed by atoms with E-state index >= 15 is 0 Å². The molecule has 0 radical (unpaired) electrons. The molecule has 4 rings (SSSR count). The smallest absolute Gasteiger partial charge is 0.122 e. The number of H-pyrrole nitrogens is 1. The molecule has 26 heavy (non-hydrogen) atoms. The Kier molecular flexibility index (Phi) is 4.45. The number of fused-ring (bicyclic) bond motifs is 3. The lowest BCUT2D eigenvalue weighted by Crippen LogP contribution is -2.31. The van der Waals surface area contributed by atoms with E-state index in [4.69, 9.17) is 16.3 Å². The second kappa shape index (κ2) is 6.64. The number of rotatable bonds is 3. The van der Waals surface area contributed by atoms with E-state index in [2.05, 4.69) is 55.3 Å². The van der Waals surface area contributed by atoms with Crippen LogP contribution in [-0.4, -0.2) is 18.6 Å². The fraction of sp³-hybridized carbons (Fsp3) is 0.364. The van der Waals surface area contributed by atoms with Gasteiger partial charge in [-0.05, 0) is 71.8 Å². The van der Waals surface area contributed by atoms with Crippen LogP contribution in [-0.2, 0) is 6.42 Å². The number of benzene rings is 2. The average molecular weight is 369 g/mol. The van der Waals surface area contributed by atoms with Gasteiger partial charge in [0.15, 0.2) is 0 Å². The van der Waals surface area contributed by atoms with Crippen molar-refractivity contribution in [3.8, 4) is 5.75 Å². The SMILES string of the molecule is COc1cc(C)c(C2NCCc3c2[nH]c2ccc(Cl)cc32)cc1C(C)C. The highest BCUT2D eigenvalue weighted by Crippen LogP contribution is 2.38. The molecule has 0 bridgehead atoms. The van der Waals surface area contributed by atoms with Crippen molar-refractivity contribution in [1.29, 1.82) is 0 Å². The molecule has 2 heterocycles. The van der Waals surface area contributed by atoms with Crippen molar-refractivity contribution < 1.29 is 4.74 Å². The van der Waals surface area contributed by atoms with Crippen molar-refractivity contribution >= 4 is 22.5 Å². The monoisotopic (exact) mass is 368 g/mol. The molecule has 1 atom stereocenters. The number of nitrogens with one attached hydrogen (secondary N) is 2. The molecule has 3 aromatic rings. The predicted molar refractivity (Wildman–Crippen MR) is 109 cm³/mol. The van der Waals surface area contributed by atoms with Gasteiger partial charge in [-0.15, -0.1) is 0 Å². The highest BCUT2D eigenvalue weighted by Gasteiger charge is 2.27. The van der Waals surface area contributed by atoms with E-state index in [-0.39, 0.29) is 6.04 Å². The summed E-state index contributed by atoms with van der Waals surface area (Å²) in [6.45, 7) is 7.54. The van der Waals surface area contributed by atoms with Crippen molar-refractivity contribution in [2.75, 3.05) is 13.7 Å². The van der Waals surface area contributed by atoms with Crippen molar-refractivity contribution in [3.05, 3.63) is 63.3 Å². The topological polar surface area (TPSA) is 37.0 Å². The molecule has 1 aromatic heterocycles. The molecule has 4 heteroatoms. The Morgan fingerprint density at radius 2 is 2.00 bits per heavy atom. The third-order valence-electron chi connectivity index (χ3n) is 5.46. The van der Waals surface area contributed by atoms with E-state index in [9.17, 15) is 0 Å². The zero-order valence-corrected chi connectivity index (χ0v) is 16.5. The number of aromatic nitrogens is 1. The molecule has 1 unspecified atom stereocenters. The molecule has 136 valence electrons. The normalized spacial score (nSPS) is 16.9. The molecule has 0 saturated carbocycles. The molecular weight excluding hydrogens is 344 g/mol. The van der Waals surface area contributed by atoms with Crippen molar-refractivity contribution in [2.24, 2.45) is 0 Å². The second-order valence-electron chi connectivity index (χ2n) is 7.45. The quantitative estimate of drug-likeness (QED) is 0.640. The fourth-order valence-electron chi connectivity index (χ4n) is 4.12. The van der Waals surface area contributed by atoms with Gasteiger partial charge in [-0.3, -0.25) is 0 Å². The lowest BCUT2D eigenvalue weighted by Gasteiger charge is -2.27. The maximum absolute atomic E-state index is 6.24. The molecule has 2 N–H and O–H groups in total. The number of hydrogen-bond acceptors (Lipinski definition) is 2. The second-order valence-corrected chi connectivity index (χ2v) is 7.89. The van der Waals surface area contributed by atoms with Crippen LogP contribution in [0.1, 0.15) is 53.8 Å². The van der Waals surface area contributed by atoms with E-state index < -0.39 is 0 Å². The maximum atomic E-state index is 6.24. The van der Waals surface area contributed by atoms with Crippen LogP contribution in [0.3, 0.4) is 0 Å². The number of hydrogen-bond donors (Lipinski definition) is 2. The van der Waals surface area contributed by atoms with Gasteiger partial charge in [-0.1, -0.05) is 25.4 Å². The van der Waals surface area contributed by atoms with Gasteiger partial charge in [-0.25, -0.2) is 0 Å². The third kappa shape index (κ3) is 2.80. The van der Waals surface area contributed by atoms with E-state index in [1.165, 1.54) is 33.3 Å². The van der Waals surface area contributed by atoms with Crippen molar-refractivity contribution in [3.63, 3.8) is 0 Å². The van der Waals surface area contributed by atoms with Gasteiger partial charge in [0, 0.05) is 28.2 Å². The van der Waals surface area contributed by atoms with Crippen LogP contribution in [0.25, 0.3) is 10.9 Å². The van der Waals surface area contributed by atoms with Crippen LogP contribution in [0.4, 0.5) is 0 Å². The fourth-order valence-corrected chi connectivity index (χ4v) is 4.29. The highest BCUT2D eigenvalue weighted by atomic mass is 35.5. The summed E-state index contributed by atoms with van der Waals surface area (Å²) in [4.78, 5) is 3.64. The number of methoxy groups -OCH3 is 1. The molecular formula is C22H25ClN2O. The summed E-state index contributed by atoms with van der Waals surface area (Å²) in [5, 5.41) is 5.74. The van der Waals surface area contributed by atoms with Gasteiger partial charge in [0.2, 0.25) is 0 Å². The summed E-state index contributed by atoms with van der Waals surface area (Å²) in [5.41, 5.74) is 7.61. The van der Waals surface area contributed by atoms with Crippen LogP contribution >= 0.6 is 11.6 Å². The molecule has 0 fully saturated rings. The molecule has 1 aliphatic rings. The summed E-state index contributed by atoms with van der Waals surface area (Å²) >= 11 is 6.24.